The number of nitrogens with two attached hydrogens (primary N) is 1. The molecule has 0 spiro atoms. The third-order valence-electron chi connectivity index (χ3n) is 3.20. The Morgan fingerprint density at radius 2 is 2.00 bits per heavy atom. The summed E-state index contributed by atoms with van der Waals surface area (Å²) in [5.41, 5.74) is 0. The number of nitrogens with zero attached hydrogens (tertiary/aromatic N) is 1. The van der Waals surface area contributed by atoms with E-state index in [1.165, 1.54) is 4.31 Å². The van der Waals surface area contributed by atoms with Crippen molar-refractivity contribution in [3.63, 3.8) is 0 Å². The average Bonchev–Trinajstić information content (AvgIpc) is 2.33. The van der Waals surface area contributed by atoms with Gasteiger partial charge in [-0.15, -0.1) is 0 Å². The molecule has 19 heavy (non-hydrogen) atoms. The summed E-state index contributed by atoms with van der Waals surface area (Å²) in [5, 5.41) is 4.87. The van der Waals surface area contributed by atoms with Crippen LogP contribution in [0.15, 0.2) is 0 Å². The number of unbranched alkanes of at least 4 members (excludes halogenated alkanes) is 1. The van der Waals surface area contributed by atoms with Crippen LogP contribution >= 0.6 is 0 Å². The molecule has 0 aromatic carbocycles. The van der Waals surface area contributed by atoms with Crippen molar-refractivity contribution in [1.82, 2.24) is 9.03 Å². The van der Waals surface area contributed by atoms with Gasteiger partial charge >= 0.3 is 0 Å². The van der Waals surface area contributed by atoms with E-state index >= 15 is 0 Å². The van der Waals surface area contributed by atoms with Gasteiger partial charge in [0.2, 0.25) is 10.0 Å². The molecule has 0 aliphatic carbocycles. The lowest BCUT2D eigenvalue weighted by atomic mass is 10.0. The summed E-state index contributed by atoms with van der Waals surface area (Å²) in [6.45, 7) is 3.04. The van der Waals surface area contributed by atoms with E-state index in [-0.39, 0.29) is 18.2 Å². The minimum atomic E-state index is -3.71. The van der Waals surface area contributed by atoms with E-state index in [1.54, 1.807) is 0 Å². The fraction of sp³-hybridized carbons (Fsp3) is 1.00. The van der Waals surface area contributed by atoms with Crippen LogP contribution in [0.1, 0.15) is 32.6 Å². The monoisotopic (exact) mass is 313 g/mol. The van der Waals surface area contributed by atoms with Crippen LogP contribution in [-0.4, -0.2) is 46.5 Å². The van der Waals surface area contributed by atoms with Gasteiger partial charge in [-0.3, -0.25) is 0 Å². The molecule has 114 valence electrons. The Kier molecular flexibility index (Phi) is 6.18. The summed E-state index contributed by atoms with van der Waals surface area (Å²) in [4.78, 5) is 0. The molecule has 0 amide bonds. The highest BCUT2D eigenvalue weighted by molar-refractivity contribution is 7.89. The molecule has 1 unspecified atom stereocenters. The van der Waals surface area contributed by atoms with Crippen LogP contribution in [0.25, 0.3) is 0 Å². The molecule has 0 radical (unpaired) electrons. The normalized spacial score (nSPS) is 22.5. The molecule has 1 fully saturated rings. The van der Waals surface area contributed by atoms with Crippen molar-refractivity contribution in [2.45, 2.75) is 32.6 Å². The predicted octanol–water partition coefficient (Wildman–Crippen LogP) is -0.379. The lowest BCUT2D eigenvalue weighted by molar-refractivity contribution is 0.267. The van der Waals surface area contributed by atoms with Crippen molar-refractivity contribution in [2.75, 3.05) is 25.4 Å². The molecule has 3 N–H and O–H groups in total. The minimum absolute atomic E-state index is 0.0107. The molecule has 0 bridgehead atoms. The van der Waals surface area contributed by atoms with Crippen LogP contribution < -0.4 is 9.86 Å². The first kappa shape index (κ1) is 16.8. The summed E-state index contributed by atoms with van der Waals surface area (Å²) in [7, 11) is -6.92. The van der Waals surface area contributed by atoms with Gasteiger partial charge in [-0.25, -0.2) is 22.6 Å². The van der Waals surface area contributed by atoms with Crippen LogP contribution in [0.4, 0.5) is 0 Å². The standard InChI is InChI=1S/C10H23N3O4S2/c1-2-3-7-18(14,15)13-6-4-5-10(9-13)8-12-19(11,16)17/h10,12H,2-9H2,1H3,(H2,11,16,17). The fourth-order valence-electron chi connectivity index (χ4n) is 2.14. The highest BCUT2D eigenvalue weighted by Gasteiger charge is 2.28. The van der Waals surface area contributed by atoms with E-state index in [0.717, 1.165) is 19.3 Å². The Morgan fingerprint density at radius 1 is 1.32 bits per heavy atom. The van der Waals surface area contributed by atoms with Crippen molar-refractivity contribution in [1.29, 1.82) is 0 Å². The molecule has 1 aliphatic heterocycles. The number of nitrogens with one attached hydrogen (secondary N) is 1. The van der Waals surface area contributed by atoms with Gasteiger partial charge in [0.15, 0.2) is 0 Å². The molecule has 1 saturated heterocycles. The van der Waals surface area contributed by atoms with Gasteiger partial charge < -0.3 is 0 Å². The second kappa shape index (κ2) is 6.98. The van der Waals surface area contributed by atoms with Crippen LogP contribution in [0.3, 0.4) is 0 Å². The first-order valence-corrected chi connectivity index (χ1v) is 9.65. The van der Waals surface area contributed by atoms with Gasteiger partial charge in [-0.05, 0) is 25.2 Å². The zero-order chi connectivity index (χ0) is 14.5. The lowest BCUT2D eigenvalue weighted by Crippen LogP contribution is -2.45. The minimum Gasteiger partial charge on any atom is -0.216 e. The molecule has 1 aliphatic rings. The Hall–Kier alpha value is -0.220. The van der Waals surface area contributed by atoms with E-state index in [1.807, 2.05) is 6.92 Å². The molecular formula is C10H23N3O4S2. The van der Waals surface area contributed by atoms with Crippen LogP contribution in [0.2, 0.25) is 0 Å². The quantitative estimate of drug-likeness (QED) is 0.667. The Bertz CT molecular complexity index is 475. The van der Waals surface area contributed by atoms with E-state index in [0.29, 0.717) is 19.5 Å². The van der Waals surface area contributed by atoms with Gasteiger partial charge in [0.25, 0.3) is 10.2 Å². The predicted molar refractivity (Wildman–Crippen MR) is 74.1 cm³/mol. The SMILES string of the molecule is CCCCS(=O)(=O)N1CCCC(CNS(N)(=O)=O)C1. The summed E-state index contributed by atoms with van der Waals surface area (Å²) < 4.78 is 49.5. The maximum absolute atomic E-state index is 12.1. The van der Waals surface area contributed by atoms with Crippen molar-refractivity contribution in [3.05, 3.63) is 0 Å². The van der Waals surface area contributed by atoms with Crippen molar-refractivity contribution in [3.8, 4) is 0 Å². The number of hydrogen-bond donors (Lipinski definition) is 2. The molecule has 0 aromatic heterocycles. The van der Waals surface area contributed by atoms with E-state index in [4.69, 9.17) is 5.14 Å². The first-order valence-electron chi connectivity index (χ1n) is 6.50. The summed E-state index contributed by atoms with van der Waals surface area (Å²) in [5.74, 6) is 0.155. The molecule has 1 rings (SSSR count). The molecular weight excluding hydrogens is 290 g/mol. The van der Waals surface area contributed by atoms with E-state index < -0.39 is 20.2 Å². The number of rotatable bonds is 7. The maximum atomic E-state index is 12.1. The lowest BCUT2D eigenvalue weighted by Gasteiger charge is -2.31. The van der Waals surface area contributed by atoms with E-state index in [2.05, 4.69) is 4.72 Å². The number of piperidine rings is 1. The second-order valence-corrected chi connectivity index (χ2v) is 8.40. The highest BCUT2D eigenvalue weighted by atomic mass is 32.2. The van der Waals surface area contributed by atoms with Crippen molar-refractivity contribution < 1.29 is 16.8 Å². The first-order chi connectivity index (χ1) is 8.74. The fourth-order valence-corrected chi connectivity index (χ4v) is 4.36. The Balaban J connectivity index is 2.54. The Morgan fingerprint density at radius 3 is 2.58 bits per heavy atom. The van der Waals surface area contributed by atoms with Crippen LogP contribution in [-0.2, 0) is 20.2 Å². The van der Waals surface area contributed by atoms with Crippen LogP contribution in [0, 0.1) is 5.92 Å². The average molecular weight is 313 g/mol. The molecule has 7 nitrogen and oxygen atoms in total. The summed E-state index contributed by atoms with van der Waals surface area (Å²) >= 11 is 0. The second-order valence-electron chi connectivity index (χ2n) is 4.93. The largest absolute Gasteiger partial charge is 0.274 e. The van der Waals surface area contributed by atoms with Gasteiger partial charge in [-0.1, -0.05) is 13.3 Å². The third-order valence-corrected chi connectivity index (χ3v) is 5.70. The zero-order valence-electron chi connectivity index (χ0n) is 11.2. The topological polar surface area (TPSA) is 110 Å². The number of sulfonamides is 1. The third kappa shape index (κ3) is 6.17. The van der Waals surface area contributed by atoms with Crippen LogP contribution in [0.5, 0.6) is 0 Å². The van der Waals surface area contributed by atoms with E-state index in [9.17, 15) is 16.8 Å². The molecule has 9 heteroatoms. The van der Waals surface area contributed by atoms with Gasteiger partial charge in [0, 0.05) is 19.6 Å². The highest BCUT2D eigenvalue weighted by Crippen LogP contribution is 2.19. The molecule has 0 saturated carbocycles. The number of hydrogen-bond acceptors (Lipinski definition) is 4. The zero-order valence-corrected chi connectivity index (χ0v) is 12.8. The maximum Gasteiger partial charge on any atom is 0.274 e. The van der Waals surface area contributed by atoms with Crippen molar-refractivity contribution in [2.24, 2.45) is 11.1 Å². The molecule has 1 atom stereocenters. The van der Waals surface area contributed by atoms with Crippen molar-refractivity contribution >= 4 is 20.2 Å². The smallest absolute Gasteiger partial charge is 0.216 e. The summed E-state index contributed by atoms with van der Waals surface area (Å²) in [6, 6.07) is 0. The van der Waals surface area contributed by atoms with Gasteiger partial charge in [0.05, 0.1) is 5.75 Å². The van der Waals surface area contributed by atoms with Gasteiger partial charge in [0.1, 0.15) is 0 Å². The molecule has 1 heterocycles. The Labute approximate surface area is 115 Å². The summed E-state index contributed by atoms with van der Waals surface area (Å²) in [6.07, 6.45) is 3.05. The van der Waals surface area contributed by atoms with Gasteiger partial charge in [-0.2, -0.15) is 8.42 Å². The molecule has 0 aromatic rings.